The number of hydrogen-bond acceptors (Lipinski definition) is 6. The molecule has 0 unspecified atom stereocenters. The van der Waals surface area contributed by atoms with Gasteiger partial charge in [0.25, 0.3) is 0 Å². The first-order valence-electron chi connectivity index (χ1n) is 9.04. The maximum atomic E-state index is 9.65. The SMILES string of the molecule is Cc1ccc(CCNc2nccc(/C(C#N)=C3/Nc4ccccc4O3)n2)cc1. The van der Waals surface area contributed by atoms with E-state index < -0.39 is 0 Å². The molecule has 0 bridgehead atoms. The first-order valence-corrected chi connectivity index (χ1v) is 9.04. The van der Waals surface area contributed by atoms with Gasteiger partial charge in [-0.15, -0.1) is 0 Å². The Morgan fingerprint density at radius 3 is 2.75 bits per heavy atom. The molecule has 1 aromatic heterocycles. The Morgan fingerprint density at radius 2 is 1.96 bits per heavy atom. The standard InChI is InChI=1S/C22H19N5O/c1-15-6-8-16(9-7-15)10-12-24-22-25-13-11-18(27-22)17(14-23)21-26-19-4-2-3-5-20(19)28-21/h2-9,11,13,26H,10,12H2,1H3,(H,24,25,27)/b21-17-. The Bertz CT molecular complexity index is 1040. The summed E-state index contributed by atoms with van der Waals surface area (Å²) in [7, 11) is 0. The molecule has 2 aromatic carbocycles. The Labute approximate surface area is 163 Å². The van der Waals surface area contributed by atoms with Gasteiger partial charge in [0.1, 0.15) is 11.6 Å². The number of para-hydroxylation sites is 2. The van der Waals surface area contributed by atoms with Crippen LogP contribution in [0.2, 0.25) is 0 Å². The van der Waals surface area contributed by atoms with Crippen molar-refractivity contribution in [2.75, 3.05) is 17.2 Å². The molecule has 0 spiro atoms. The smallest absolute Gasteiger partial charge is 0.223 e. The Morgan fingerprint density at radius 1 is 1.14 bits per heavy atom. The Kier molecular flexibility index (Phi) is 4.89. The predicted molar refractivity (Wildman–Crippen MR) is 109 cm³/mol. The van der Waals surface area contributed by atoms with Gasteiger partial charge in [0.15, 0.2) is 5.75 Å². The molecule has 0 saturated carbocycles. The van der Waals surface area contributed by atoms with E-state index in [4.69, 9.17) is 4.74 Å². The second-order valence-electron chi connectivity index (χ2n) is 6.47. The van der Waals surface area contributed by atoms with E-state index in [1.807, 2.05) is 24.3 Å². The van der Waals surface area contributed by atoms with Crippen LogP contribution in [0.15, 0.2) is 66.7 Å². The van der Waals surface area contributed by atoms with Crippen LogP contribution in [-0.4, -0.2) is 16.5 Å². The molecule has 0 fully saturated rings. The quantitative estimate of drug-likeness (QED) is 0.658. The van der Waals surface area contributed by atoms with Gasteiger partial charge in [0.05, 0.1) is 11.4 Å². The summed E-state index contributed by atoms with van der Waals surface area (Å²) >= 11 is 0. The number of nitrogens with zero attached hydrogens (tertiary/aromatic N) is 3. The van der Waals surface area contributed by atoms with Gasteiger partial charge >= 0.3 is 0 Å². The van der Waals surface area contributed by atoms with Crippen LogP contribution < -0.4 is 15.4 Å². The third-order valence-corrected chi connectivity index (χ3v) is 4.42. The summed E-state index contributed by atoms with van der Waals surface area (Å²) in [6.45, 7) is 2.77. The Hall–Kier alpha value is -3.85. The van der Waals surface area contributed by atoms with Crippen molar-refractivity contribution < 1.29 is 4.74 Å². The fourth-order valence-corrected chi connectivity index (χ4v) is 2.91. The molecule has 4 rings (SSSR count). The molecule has 2 heterocycles. The number of nitrogens with one attached hydrogen (secondary N) is 2. The zero-order valence-electron chi connectivity index (χ0n) is 15.4. The molecule has 0 radical (unpaired) electrons. The van der Waals surface area contributed by atoms with E-state index in [1.54, 1.807) is 12.3 Å². The van der Waals surface area contributed by atoms with E-state index in [1.165, 1.54) is 11.1 Å². The molecule has 138 valence electrons. The van der Waals surface area contributed by atoms with E-state index >= 15 is 0 Å². The fraction of sp³-hybridized carbons (Fsp3) is 0.136. The van der Waals surface area contributed by atoms with Gasteiger partial charge in [0, 0.05) is 12.7 Å². The average Bonchev–Trinajstić information content (AvgIpc) is 3.14. The average molecular weight is 369 g/mol. The molecule has 0 saturated heterocycles. The van der Waals surface area contributed by atoms with Gasteiger partial charge in [-0.2, -0.15) is 5.26 Å². The first-order chi connectivity index (χ1) is 13.7. The molecular formula is C22H19N5O. The molecule has 0 amide bonds. The van der Waals surface area contributed by atoms with Crippen LogP contribution in [0.5, 0.6) is 5.75 Å². The minimum atomic E-state index is 0.334. The normalized spacial score (nSPS) is 13.7. The van der Waals surface area contributed by atoms with E-state index in [0.29, 0.717) is 35.4 Å². The lowest BCUT2D eigenvalue weighted by Crippen LogP contribution is -2.09. The minimum Gasteiger partial charge on any atom is -0.437 e. The highest BCUT2D eigenvalue weighted by atomic mass is 16.5. The van der Waals surface area contributed by atoms with Gasteiger partial charge in [-0.05, 0) is 37.1 Å². The molecule has 6 nitrogen and oxygen atoms in total. The van der Waals surface area contributed by atoms with Crippen molar-refractivity contribution in [1.82, 2.24) is 9.97 Å². The second kappa shape index (κ2) is 7.80. The van der Waals surface area contributed by atoms with Crippen LogP contribution in [-0.2, 0) is 6.42 Å². The van der Waals surface area contributed by atoms with Crippen molar-refractivity contribution in [3.8, 4) is 11.8 Å². The summed E-state index contributed by atoms with van der Waals surface area (Å²) in [6.07, 6.45) is 2.50. The van der Waals surface area contributed by atoms with Crippen molar-refractivity contribution in [2.45, 2.75) is 13.3 Å². The van der Waals surface area contributed by atoms with Crippen molar-refractivity contribution >= 4 is 17.2 Å². The number of nitriles is 1. The summed E-state index contributed by atoms with van der Waals surface area (Å²) in [6, 6.07) is 19.9. The lowest BCUT2D eigenvalue weighted by molar-refractivity contribution is 0.460. The summed E-state index contributed by atoms with van der Waals surface area (Å²) in [5.41, 5.74) is 4.16. The number of hydrogen-bond donors (Lipinski definition) is 2. The predicted octanol–water partition coefficient (Wildman–Crippen LogP) is 4.14. The number of allylic oxidation sites excluding steroid dienone is 1. The topological polar surface area (TPSA) is 82.9 Å². The van der Waals surface area contributed by atoms with E-state index in [9.17, 15) is 5.26 Å². The van der Waals surface area contributed by atoms with E-state index in [0.717, 1.165) is 12.1 Å². The number of aryl methyl sites for hydroxylation is 1. The highest BCUT2D eigenvalue weighted by molar-refractivity contribution is 5.81. The highest BCUT2D eigenvalue weighted by Gasteiger charge is 2.21. The monoisotopic (exact) mass is 369 g/mol. The Balaban J connectivity index is 1.48. The largest absolute Gasteiger partial charge is 0.437 e. The second-order valence-corrected chi connectivity index (χ2v) is 6.47. The number of benzene rings is 2. The summed E-state index contributed by atoms with van der Waals surface area (Å²) in [5.74, 6) is 1.55. The van der Waals surface area contributed by atoms with Crippen LogP contribution in [0.4, 0.5) is 11.6 Å². The minimum absolute atomic E-state index is 0.334. The van der Waals surface area contributed by atoms with Crippen molar-refractivity contribution in [2.24, 2.45) is 0 Å². The number of aromatic nitrogens is 2. The van der Waals surface area contributed by atoms with Crippen molar-refractivity contribution in [1.29, 1.82) is 5.26 Å². The third-order valence-electron chi connectivity index (χ3n) is 4.42. The molecule has 1 aliphatic heterocycles. The van der Waals surface area contributed by atoms with Gasteiger partial charge in [-0.1, -0.05) is 42.0 Å². The maximum absolute atomic E-state index is 9.65. The molecule has 2 N–H and O–H groups in total. The number of rotatable bonds is 5. The molecular weight excluding hydrogens is 350 g/mol. The lowest BCUT2D eigenvalue weighted by Gasteiger charge is -2.08. The van der Waals surface area contributed by atoms with Crippen LogP contribution in [0.1, 0.15) is 16.8 Å². The summed E-state index contributed by atoms with van der Waals surface area (Å²) < 4.78 is 5.77. The lowest BCUT2D eigenvalue weighted by atomic mass is 10.1. The molecule has 28 heavy (non-hydrogen) atoms. The maximum Gasteiger partial charge on any atom is 0.223 e. The molecule has 0 aliphatic carbocycles. The fourth-order valence-electron chi connectivity index (χ4n) is 2.91. The number of anilines is 2. The van der Waals surface area contributed by atoms with Gasteiger partial charge in [0.2, 0.25) is 11.8 Å². The van der Waals surface area contributed by atoms with Crippen LogP contribution in [0, 0.1) is 18.3 Å². The van der Waals surface area contributed by atoms with Crippen LogP contribution in [0.25, 0.3) is 5.57 Å². The molecule has 3 aromatic rings. The zero-order valence-corrected chi connectivity index (χ0v) is 15.4. The van der Waals surface area contributed by atoms with Crippen LogP contribution in [0.3, 0.4) is 0 Å². The summed E-state index contributed by atoms with van der Waals surface area (Å²) in [4.78, 5) is 8.73. The van der Waals surface area contributed by atoms with E-state index in [2.05, 4.69) is 57.9 Å². The van der Waals surface area contributed by atoms with Gasteiger partial charge in [-0.3, -0.25) is 0 Å². The van der Waals surface area contributed by atoms with Crippen molar-refractivity contribution in [3.63, 3.8) is 0 Å². The number of ether oxygens (including phenoxy) is 1. The first kappa shape index (κ1) is 17.6. The van der Waals surface area contributed by atoms with Gasteiger partial charge < -0.3 is 15.4 Å². The summed E-state index contributed by atoms with van der Waals surface area (Å²) in [5, 5.41) is 16.0. The molecule has 1 aliphatic rings. The molecule has 0 atom stereocenters. The third kappa shape index (κ3) is 3.79. The highest BCUT2D eigenvalue weighted by Crippen LogP contribution is 2.35. The molecule has 6 heteroatoms. The van der Waals surface area contributed by atoms with Crippen molar-refractivity contribution in [3.05, 3.63) is 83.5 Å². The zero-order chi connectivity index (χ0) is 19.3. The number of fused-ring (bicyclic) bond motifs is 1. The van der Waals surface area contributed by atoms with E-state index in [-0.39, 0.29) is 0 Å². The van der Waals surface area contributed by atoms with Crippen LogP contribution >= 0.6 is 0 Å². The van der Waals surface area contributed by atoms with Gasteiger partial charge in [-0.25, -0.2) is 9.97 Å².